The van der Waals surface area contributed by atoms with Crippen LogP contribution in [0.25, 0.3) is 0 Å². The number of nitro benzene ring substituents is 1. The molecule has 2 aromatic rings. The predicted octanol–water partition coefficient (Wildman–Crippen LogP) is 4.79. The van der Waals surface area contributed by atoms with Crippen molar-refractivity contribution in [2.75, 3.05) is 31.6 Å². The maximum absolute atomic E-state index is 13.0. The zero-order valence-electron chi connectivity index (χ0n) is 18.3. The summed E-state index contributed by atoms with van der Waals surface area (Å²) in [6, 6.07) is 6.23. The fourth-order valence-electron chi connectivity index (χ4n) is 3.90. The molecule has 1 fully saturated rings. The summed E-state index contributed by atoms with van der Waals surface area (Å²) in [5.74, 6) is -1.24. The minimum Gasteiger partial charge on any atom is -0.465 e. The predicted molar refractivity (Wildman–Crippen MR) is 118 cm³/mol. The van der Waals surface area contributed by atoms with Crippen molar-refractivity contribution in [3.05, 3.63) is 68.2 Å². The van der Waals surface area contributed by atoms with Crippen LogP contribution in [0.3, 0.4) is 0 Å². The van der Waals surface area contributed by atoms with Gasteiger partial charge in [0.25, 0.3) is 11.6 Å². The zero-order chi connectivity index (χ0) is 25.2. The molecular formula is C22H21ClF3N3O5. The van der Waals surface area contributed by atoms with E-state index in [9.17, 15) is 32.9 Å². The monoisotopic (exact) mass is 499 g/mol. The lowest BCUT2D eigenvalue weighted by Crippen LogP contribution is -2.55. The Morgan fingerprint density at radius 2 is 1.88 bits per heavy atom. The molecule has 0 N–H and O–H groups in total. The van der Waals surface area contributed by atoms with Crippen LogP contribution < -0.4 is 4.90 Å². The number of esters is 1. The van der Waals surface area contributed by atoms with Crippen LogP contribution in [0.15, 0.2) is 36.4 Å². The first-order valence-corrected chi connectivity index (χ1v) is 10.6. The minimum absolute atomic E-state index is 0.0284. The van der Waals surface area contributed by atoms with E-state index in [2.05, 4.69) is 0 Å². The summed E-state index contributed by atoms with van der Waals surface area (Å²) in [5.41, 5.74) is -0.782. The van der Waals surface area contributed by atoms with Gasteiger partial charge >= 0.3 is 12.1 Å². The average Bonchev–Trinajstić information content (AvgIpc) is 2.81. The molecule has 0 unspecified atom stereocenters. The summed E-state index contributed by atoms with van der Waals surface area (Å²) in [6.07, 6.45) is -4.02. The molecule has 1 heterocycles. The van der Waals surface area contributed by atoms with Crippen LogP contribution in [0.1, 0.15) is 39.6 Å². The van der Waals surface area contributed by atoms with Gasteiger partial charge in [-0.1, -0.05) is 18.5 Å². The van der Waals surface area contributed by atoms with E-state index < -0.39 is 28.5 Å². The first-order valence-electron chi connectivity index (χ1n) is 10.3. The van der Waals surface area contributed by atoms with Crippen LogP contribution >= 0.6 is 11.6 Å². The van der Waals surface area contributed by atoms with Gasteiger partial charge < -0.3 is 14.5 Å². The van der Waals surface area contributed by atoms with Gasteiger partial charge in [0.05, 0.1) is 39.4 Å². The van der Waals surface area contributed by atoms with Crippen molar-refractivity contribution in [2.24, 2.45) is 0 Å². The number of benzene rings is 2. The first-order chi connectivity index (χ1) is 16.0. The third kappa shape index (κ3) is 5.09. The van der Waals surface area contributed by atoms with Crippen molar-refractivity contribution >= 4 is 34.9 Å². The molecule has 1 amide bonds. The second-order valence-electron chi connectivity index (χ2n) is 7.65. The van der Waals surface area contributed by atoms with Gasteiger partial charge in [0, 0.05) is 37.8 Å². The summed E-state index contributed by atoms with van der Waals surface area (Å²) in [5, 5.41) is 10.9. The molecule has 0 aliphatic carbocycles. The van der Waals surface area contributed by atoms with Gasteiger partial charge in [-0.15, -0.1) is 0 Å². The number of hydrogen-bond donors (Lipinski definition) is 0. The van der Waals surface area contributed by atoms with Gasteiger partial charge in [-0.3, -0.25) is 14.9 Å². The molecular weight excluding hydrogens is 479 g/mol. The topological polar surface area (TPSA) is 93.0 Å². The number of nitrogens with zero attached hydrogens (tertiary/aromatic N) is 3. The number of non-ortho nitro benzene ring substituents is 1. The van der Waals surface area contributed by atoms with Gasteiger partial charge in [-0.2, -0.15) is 13.2 Å². The van der Waals surface area contributed by atoms with Gasteiger partial charge in [0.1, 0.15) is 0 Å². The van der Waals surface area contributed by atoms with Crippen LogP contribution in [0, 0.1) is 10.1 Å². The Bertz CT molecular complexity index is 1130. The standard InChI is InChI=1S/C22H21ClF3N3O5/c1-3-14-12-27(20(30)16-6-4-13(10-18(16)23)22(24,25)26)8-9-28(14)19-7-5-15(29(32)33)11-17(19)21(31)34-2/h4-7,10-11,14H,3,8-9,12H2,1-2H3/t14-/m1/s1. The molecule has 1 aliphatic rings. The third-order valence-corrected chi connectivity index (χ3v) is 5.99. The lowest BCUT2D eigenvalue weighted by atomic mass is 10.0. The normalized spacial score (nSPS) is 16.4. The number of ether oxygens (including phenoxy) is 1. The van der Waals surface area contributed by atoms with E-state index in [4.69, 9.17) is 16.3 Å². The molecule has 3 rings (SSSR count). The van der Waals surface area contributed by atoms with Crippen molar-refractivity contribution in [3.8, 4) is 0 Å². The van der Waals surface area contributed by atoms with Gasteiger partial charge in [-0.25, -0.2) is 4.79 Å². The number of hydrogen-bond acceptors (Lipinski definition) is 6. The lowest BCUT2D eigenvalue weighted by Gasteiger charge is -2.43. The smallest absolute Gasteiger partial charge is 0.416 e. The fraction of sp³-hybridized carbons (Fsp3) is 0.364. The second-order valence-corrected chi connectivity index (χ2v) is 8.06. The van der Waals surface area contributed by atoms with E-state index in [1.165, 1.54) is 24.1 Å². The Kier molecular flexibility index (Phi) is 7.35. The summed E-state index contributed by atoms with van der Waals surface area (Å²) in [6.45, 7) is 2.57. The summed E-state index contributed by atoms with van der Waals surface area (Å²) in [7, 11) is 1.17. The highest BCUT2D eigenvalue weighted by Crippen LogP contribution is 2.34. The van der Waals surface area contributed by atoms with Gasteiger partial charge in [0.2, 0.25) is 0 Å². The van der Waals surface area contributed by atoms with Crippen LogP contribution in [-0.2, 0) is 10.9 Å². The number of anilines is 1. The van der Waals surface area contributed by atoms with E-state index >= 15 is 0 Å². The first kappa shape index (κ1) is 25.3. The number of alkyl halides is 3. The number of amides is 1. The second kappa shape index (κ2) is 9.88. The zero-order valence-corrected chi connectivity index (χ0v) is 19.0. The van der Waals surface area contributed by atoms with Crippen LogP contribution in [0.2, 0.25) is 5.02 Å². The van der Waals surface area contributed by atoms with Crippen molar-refractivity contribution < 1.29 is 32.4 Å². The number of methoxy groups -OCH3 is 1. The Balaban J connectivity index is 1.87. The van der Waals surface area contributed by atoms with Crippen LogP contribution in [0.5, 0.6) is 0 Å². The number of rotatable bonds is 5. The van der Waals surface area contributed by atoms with Crippen molar-refractivity contribution in [3.63, 3.8) is 0 Å². The molecule has 34 heavy (non-hydrogen) atoms. The molecule has 2 aromatic carbocycles. The van der Waals surface area contributed by atoms with E-state index in [0.717, 1.165) is 24.3 Å². The summed E-state index contributed by atoms with van der Waals surface area (Å²) < 4.78 is 43.5. The van der Waals surface area contributed by atoms with E-state index in [1.807, 2.05) is 11.8 Å². The quantitative estimate of drug-likeness (QED) is 0.333. The number of nitro groups is 1. The Morgan fingerprint density at radius 1 is 1.18 bits per heavy atom. The fourth-order valence-corrected chi connectivity index (χ4v) is 4.16. The SMILES string of the molecule is CC[C@@H]1CN(C(=O)c2ccc(C(F)(F)F)cc2Cl)CCN1c1ccc([N+](=O)[O-])cc1C(=O)OC. The number of piperazine rings is 1. The van der Waals surface area contributed by atoms with Gasteiger partial charge in [-0.05, 0) is 30.7 Å². The Hall–Kier alpha value is -3.34. The largest absolute Gasteiger partial charge is 0.465 e. The molecule has 1 atom stereocenters. The maximum Gasteiger partial charge on any atom is 0.416 e. The van der Waals surface area contributed by atoms with Crippen molar-refractivity contribution in [1.82, 2.24) is 4.90 Å². The number of halogens is 4. The molecule has 1 aliphatic heterocycles. The maximum atomic E-state index is 13.0. The highest BCUT2D eigenvalue weighted by atomic mass is 35.5. The summed E-state index contributed by atoms with van der Waals surface area (Å²) in [4.78, 5) is 39.2. The third-order valence-electron chi connectivity index (χ3n) is 5.67. The van der Waals surface area contributed by atoms with E-state index in [1.54, 1.807) is 0 Å². The Morgan fingerprint density at radius 3 is 2.44 bits per heavy atom. The number of carbonyl (C=O) groups excluding carboxylic acids is 2. The Labute approximate surface area is 198 Å². The molecule has 12 heteroatoms. The minimum atomic E-state index is -4.58. The highest BCUT2D eigenvalue weighted by Gasteiger charge is 2.34. The molecule has 0 spiro atoms. The molecule has 182 valence electrons. The van der Waals surface area contributed by atoms with E-state index in [-0.39, 0.29) is 47.5 Å². The van der Waals surface area contributed by atoms with Crippen LogP contribution in [0.4, 0.5) is 24.5 Å². The molecule has 0 saturated carbocycles. The van der Waals surface area contributed by atoms with E-state index in [0.29, 0.717) is 12.1 Å². The highest BCUT2D eigenvalue weighted by molar-refractivity contribution is 6.33. The molecule has 1 saturated heterocycles. The summed E-state index contributed by atoms with van der Waals surface area (Å²) >= 11 is 5.99. The molecule has 0 bridgehead atoms. The molecule has 8 nitrogen and oxygen atoms in total. The van der Waals surface area contributed by atoms with Crippen molar-refractivity contribution in [2.45, 2.75) is 25.6 Å². The molecule has 0 aromatic heterocycles. The van der Waals surface area contributed by atoms with Gasteiger partial charge in [0.15, 0.2) is 0 Å². The van der Waals surface area contributed by atoms with Crippen LogP contribution in [-0.4, -0.2) is 54.5 Å². The van der Waals surface area contributed by atoms with Crippen molar-refractivity contribution in [1.29, 1.82) is 0 Å². The molecule has 0 radical (unpaired) electrons. The average molecular weight is 500 g/mol. The lowest BCUT2D eigenvalue weighted by molar-refractivity contribution is -0.384. The number of carbonyl (C=O) groups is 2.